The van der Waals surface area contributed by atoms with Gasteiger partial charge in [-0.3, -0.25) is 0 Å². The Morgan fingerprint density at radius 2 is 1.62 bits per heavy atom. The van der Waals surface area contributed by atoms with Gasteiger partial charge in [-0.25, -0.2) is 9.97 Å². The molecule has 1 heterocycles. The second kappa shape index (κ2) is 5.94. The van der Waals surface area contributed by atoms with Crippen LogP contribution in [0.25, 0.3) is 0 Å². The Morgan fingerprint density at radius 1 is 1.06 bits per heavy atom. The molecule has 0 bridgehead atoms. The molecule has 1 N–H and O–H groups in total. The highest BCUT2D eigenvalue weighted by Crippen LogP contribution is 2.19. The zero-order valence-electron chi connectivity index (χ0n) is 11.0. The van der Waals surface area contributed by atoms with Crippen LogP contribution in [0, 0.1) is 19.8 Å². The maximum absolute atomic E-state index is 4.27. The van der Waals surface area contributed by atoms with Crippen molar-refractivity contribution in [1.82, 2.24) is 15.3 Å². The summed E-state index contributed by atoms with van der Waals surface area (Å²) >= 11 is 0. The molecule has 90 valence electrons. The summed E-state index contributed by atoms with van der Waals surface area (Å²) in [6.07, 6.45) is 1.64. The van der Waals surface area contributed by atoms with E-state index in [0.717, 1.165) is 24.5 Å². The second-order valence-electron chi connectivity index (χ2n) is 4.91. The summed E-state index contributed by atoms with van der Waals surface area (Å²) in [4.78, 5) is 8.53. The van der Waals surface area contributed by atoms with Gasteiger partial charge in [-0.2, -0.15) is 0 Å². The van der Waals surface area contributed by atoms with E-state index in [1.165, 1.54) is 5.56 Å². The van der Waals surface area contributed by atoms with E-state index < -0.39 is 0 Å². The topological polar surface area (TPSA) is 37.8 Å². The van der Waals surface area contributed by atoms with Crippen LogP contribution in [0.2, 0.25) is 0 Å². The summed E-state index contributed by atoms with van der Waals surface area (Å²) in [5.74, 6) is 1.17. The number of aromatic nitrogens is 2. The lowest BCUT2D eigenvalue weighted by atomic mass is 9.98. The van der Waals surface area contributed by atoms with Crippen LogP contribution in [0.5, 0.6) is 0 Å². The van der Waals surface area contributed by atoms with E-state index in [9.17, 15) is 0 Å². The fraction of sp³-hybridized carbons (Fsp3) is 0.692. The van der Waals surface area contributed by atoms with E-state index in [1.54, 1.807) is 6.33 Å². The maximum Gasteiger partial charge on any atom is 0.115 e. The van der Waals surface area contributed by atoms with Crippen molar-refractivity contribution < 1.29 is 0 Å². The highest BCUT2D eigenvalue weighted by atomic mass is 14.9. The fourth-order valence-corrected chi connectivity index (χ4v) is 2.01. The van der Waals surface area contributed by atoms with E-state index in [4.69, 9.17) is 0 Å². The zero-order valence-corrected chi connectivity index (χ0v) is 11.0. The minimum atomic E-state index is 0.472. The van der Waals surface area contributed by atoms with Gasteiger partial charge < -0.3 is 5.32 Å². The molecule has 0 fully saturated rings. The molecule has 1 rings (SSSR count). The highest BCUT2D eigenvalue weighted by Gasteiger charge is 2.12. The Hall–Kier alpha value is -0.960. The molecule has 1 atom stereocenters. The molecule has 1 unspecified atom stereocenters. The van der Waals surface area contributed by atoms with Gasteiger partial charge in [0.1, 0.15) is 6.33 Å². The second-order valence-corrected chi connectivity index (χ2v) is 4.91. The lowest BCUT2D eigenvalue weighted by molar-refractivity contribution is 0.526. The maximum atomic E-state index is 4.27. The van der Waals surface area contributed by atoms with E-state index in [0.29, 0.717) is 11.8 Å². The van der Waals surface area contributed by atoms with Gasteiger partial charge in [0.25, 0.3) is 0 Å². The average molecular weight is 221 g/mol. The van der Waals surface area contributed by atoms with E-state index in [2.05, 4.69) is 49.9 Å². The number of rotatable bonds is 5. The van der Waals surface area contributed by atoms with Crippen molar-refractivity contribution in [2.45, 2.75) is 40.5 Å². The van der Waals surface area contributed by atoms with Gasteiger partial charge in [-0.1, -0.05) is 20.8 Å². The molecule has 0 saturated carbocycles. The number of aryl methyl sites for hydroxylation is 2. The quantitative estimate of drug-likeness (QED) is 0.830. The van der Waals surface area contributed by atoms with Crippen molar-refractivity contribution in [3.05, 3.63) is 23.3 Å². The lowest BCUT2D eigenvalue weighted by Gasteiger charge is -2.17. The van der Waals surface area contributed by atoms with Gasteiger partial charge in [0.05, 0.1) is 0 Å². The molecule has 0 radical (unpaired) electrons. The van der Waals surface area contributed by atoms with Crippen molar-refractivity contribution in [1.29, 1.82) is 0 Å². The van der Waals surface area contributed by atoms with Crippen LogP contribution in [0.15, 0.2) is 6.33 Å². The number of hydrogen-bond donors (Lipinski definition) is 1. The van der Waals surface area contributed by atoms with Crippen LogP contribution in [0.1, 0.15) is 43.6 Å². The van der Waals surface area contributed by atoms with Gasteiger partial charge in [-0.15, -0.1) is 0 Å². The van der Waals surface area contributed by atoms with Gasteiger partial charge in [0.15, 0.2) is 0 Å². The molecule has 0 spiro atoms. The minimum absolute atomic E-state index is 0.472. The first kappa shape index (κ1) is 13.1. The Labute approximate surface area is 98.7 Å². The van der Waals surface area contributed by atoms with Crippen molar-refractivity contribution in [3.63, 3.8) is 0 Å². The SMILES string of the molecule is Cc1ncnc(C)c1C(C)CNCC(C)C. The summed E-state index contributed by atoms with van der Waals surface area (Å²) < 4.78 is 0. The fourth-order valence-electron chi connectivity index (χ4n) is 2.01. The third kappa shape index (κ3) is 3.56. The number of hydrogen-bond acceptors (Lipinski definition) is 3. The van der Waals surface area contributed by atoms with Gasteiger partial charge in [0, 0.05) is 17.9 Å². The van der Waals surface area contributed by atoms with Crippen LogP contribution in [-0.4, -0.2) is 23.1 Å². The van der Waals surface area contributed by atoms with Crippen LogP contribution in [-0.2, 0) is 0 Å². The normalized spacial score (nSPS) is 13.1. The molecule has 1 aromatic heterocycles. The molecule has 0 amide bonds. The van der Waals surface area contributed by atoms with Crippen LogP contribution in [0.3, 0.4) is 0 Å². The summed E-state index contributed by atoms with van der Waals surface area (Å²) in [6, 6.07) is 0. The van der Waals surface area contributed by atoms with E-state index in [-0.39, 0.29) is 0 Å². The monoisotopic (exact) mass is 221 g/mol. The molecular formula is C13H23N3. The Kier molecular flexibility index (Phi) is 4.87. The Morgan fingerprint density at radius 3 is 2.12 bits per heavy atom. The third-order valence-electron chi connectivity index (χ3n) is 2.78. The van der Waals surface area contributed by atoms with Gasteiger partial charge in [-0.05, 0) is 37.8 Å². The number of nitrogens with zero attached hydrogens (tertiary/aromatic N) is 2. The van der Waals surface area contributed by atoms with Crippen molar-refractivity contribution in [3.8, 4) is 0 Å². The highest BCUT2D eigenvalue weighted by molar-refractivity contribution is 5.26. The number of nitrogens with one attached hydrogen (secondary N) is 1. The molecule has 0 aromatic carbocycles. The molecule has 3 nitrogen and oxygen atoms in total. The predicted octanol–water partition coefficient (Wildman–Crippen LogP) is 2.44. The summed E-state index contributed by atoms with van der Waals surface area (Å²) in [5, 5.41) is 3.48. The Balaban J connectivity index is 2.62. The first-order valence-corrected chi connectivity index (χ1v) is 6.01. The third-order valence-corrected chi connectivity index (χ3v) is 2.78. The van der Waals surface area contributed by atoms with Crippen molar-refractivity contribution in [2.75, 3.05) is 13.1 Å². The smallest absolute Gasteiger partial charge is 0.115 e. The summed E-state index contributed by atoms with van der Waals surface area (Å²) in [5.41, 5.74) is 3.50. The lowest BCUT2D eigenvalue weighted by Crippen LogP contribution is -2.25. The predicted molar refractivity (Wildman–Crippen MR) is 67.6 cm³/mol. The minimum Gasteiger partial charge on any atom is -0.316 e. The molecule has 16 heavy (non-hydrogen) atoms. The van der Waals surface area contributed by atoms with Crippen molar-refractivity contribution >= 4 is 0 Å². The first-order valence-electron chi connectivity index (χ1n) is 6.01. The molecular weight excluding hydrogens is 198 g/mol. The largest absolute Gasteiger partial charge is 0.316 e. The average Bonchev–Trinajstić information content (AvgIpc) is 2.16. The Bertz CT molecular complexity index is 314. The summed E-state index contributed by atoms with van der Waals surface area (Å²) in [7, 11) is 0. The van der Waals surface area contributed by atoms with Crippen LogP contribution in [0.4, 0.5) is 0 Å². The standard InChI is InChI=1S/C13H23N3/c1-9(2)6-14-7-10(3)13-11(4)15-8-16-12(13)5/h8-10,14H,6-7H2,1-5H3. The molecule has 1 aromatic rings. The van der Waals surface area contributed by atoms with Gasteiger partial charge >= 0.3 is 0 Å². The molecule has 0 aliphatic carbocycles. The van der Waals surface area contributed by atoms with E-state index in [1.807, 2.05) is 0 Å². The molecule has 0 saturated heterocycles. The molecule has 3 heteroatoms. The van der Waals surface area contributed by atoms with Crippen LogP contribution >= 0.6 is 0 Å². The van der Waals surface area contributed by atoms with E-state index >= 15 is 0 Å². The zero-order chi connectivity index (χ0) is 12.1. The summed E-state index contributed by atoms with van der Waals surface area (Å²) in [6.45, 7) is 12.8. The first-order chi connectivity index (χ1) is 7.52. The molecule has 0 aliphatic heterocycles. The molecule has 0 aliphatic rings. The van der Waals surface area contributed by atoms with Gasteiger partial charge in [0.2, 0.25) is 0 Å². The van der Waals surface area contributed by atoms with Crippen molar-refractivity contribution in [2.24, 2.45) is 5.92 Å². The van der Waals surface area contributed by atoms with Crippen LogP contribution < -0.4 is 5.32 Å².